The van der Waals surface area contributed by atoms with Crippen molar-refractivity contribution >= 4 is 21.7 Å². The molecule has 0 amide bonds. The first kappa shape index (κ1) is 10.4. The van der Waals surface area contributed by atoms with E-state index in [0.29, 0.717) is 0 Å². The summed E-state index contributed by atoms with van der Waals surface area (Å²) in [5, 5.41) is -0.136. The second kappa shape index (κ2) is 3.99. The van der Waals surface area contributed by atoms with E-state index in [2.05, 4.69) is 14.2 Å². The molecule has 72 valence electrons. The van der Waals surface area contributed by atoms with E-state index < -0.39 is 10.1 Å². The van der Waals surface area contributed by atoms with Crippen molar-refractivity contribution in [3.63, 3.8) is 0 Å². The minimum Gasteiger partial charge on any atom is -0.267 e. The number of aromatic nitrogens is 2. The summed E-state index contributed by atoms with van der Waals surface area (Å²) < 4.78 is 27.0. The summed E-state index contributed by atoms with van der Waals surface area (Å²) in [6, 6.07) is 0. The van der Waals surface area contributed by atoms with Gasteiger partial charge in [0.2, 0.25) is 0 Å². The van der Waals surface area contributed by atoms with E-state index in [1.54, 1.807) is 6.92 Å². The lowest BCUT2D eigenvalue weighted by Crippen LogP contribution is -2.07. The summed E-state index contributed by atoms with van der Waals surface area (Å²) in [4.78, 5) is 6.85. The standard InChI is InChI=1S/C6H7ClN2O3S/c1-2-12-13(10,11)5-3-8-4-9-6(5)7/h3-4H,2H2,1H3. The fourth-order valence-electron chi connectivity index (χ4n) is 0.688. The normalized spacial score (nSPS) is 11.5. The van der Waals surface area contributed by atoms with E-state index in [-0.39, 0.29) is 16.7 Å². The molecule has 0 aromatic carbocycles. The molecule has 0 saturated heterocycles. The first-order valence-corrected chi connectivity index (χ1v) is 5.21. The molecule has 1 heterocycles. The average Bonchev–Trinajstić information content (AvgIpc) is 2.04. The maximum atomic E-state index is 11.3. The second-order valence-electron chi connectivity index (χ2n) is 2.04. The fraction of sp³-hybridized carbons (Fsp3) is 0.333. The van der Waals surface area contributed by atoms with Gasteiger partial charge in [0.25, 0.3) is 0 Å². The van der Waals surface area contributed by atoms with Crippen LogP contribution in [0.25, 0.3) is 0 Å². The molecule has 0 radical (unpaired) electrons. The Morgan fingerprint density at radius 1 is 1.62 bits per heavy atom. The van der Waals surface area contributed by atoms with Crippen LogP contribution in [0.15, 0.2) is 17.4 Å². The van der Waals surface area contributed by atoms with Crippen molar-refractivity contribution in [3.8, 4) is 0 Å². The second-order valence-corrected chi connectivity index (χ2v) is 3.98. The van der Waals surface area contributed by atoms with Gasteiger partial charge in [-0.2, -0.15) is 8.42 Å². The smallest absolute Gasteiger partial charge is 0.267 e. The van der Waals surface area contributed by atoms with Gasteiger partial charge < -0.3 is 0 Å². The van der Waals surface area contributed by atoms with Crippen LogP contribution in [0.3, 0.4) is 0 Å². The van der Waals surface area contributed by atoms with Gasteiger partial charge in [-0.15, -0.1) is 0 Å². The Labute approximate surface area is 80.9 Å². The predicted octanol–water partition coefficient (Wildman–Crippen LogP) is 0.855. The zero-order valence-corrected chi connectivity index (χ0v) is 8.34. The van der Waals surface area contributed by atoms with E-state index in [0.717, 1.165) is 12.5 Å². The summed E-state index contributed by atoms with van der Waals surface area (Å²) in [6.45, 7) is 1.61. The van der Waals surface area contributed by atoms with Gasteiger partial charge in [0.15, 0.2) is 5.15 Å². The zero-order valence-electron chi connectivity index (χ0n) is 6.77. The van der Waals surface area contributed by atoms with Crippen molar-refractivity contribution in [2.45, 2.75) is 11.8 Å². The molecule has 1 rings (SSSR count). The van der Waals surface area contributed by atoms with Gasteiger partial charge >= 0.3 is 10.1 Å². The van der Waals surface area contributed by atoms with Gasteiger partial charge in [-0.3, -0.25) is 4.18 Å². The Hall–Kier alpha value is -0.720. The van der Waals surface area contributed by atoms with Crippen LogP contribution in [0.4, 0.5) is 0 Å². The van der Waals surface area contributed by atoms with Gasteiger partial charge in [0.05, 0.1) is 12.8 Å². The topological polar surface area (TPSA) is 69.2 Å². The summed E-state index contributed by atoms with van der Waals surface area (Å²) in [6.07, 6.45) is 2.26. The Morgan fingerprint density at radius 3 is 2.85 bits per heavy atom. The van der Waals surface area contributed by atoms with Gasteiger partial charge in [-0.05, 0) is 6.92 Å². The molecule has 0 aliphatic heterocycles. The van der Waals surface area contributed by atoms with Crippen molar-refractivity contribution in [3.05, 3.63) is 17.7 Å². The van der Waals surface area contributed by atoms with Gasteiger partial charge in [0.1, 0.15) is 11.2 Å². The minimum atomic E-state index is -3.80. The van der Waals surface area contributed by atoms with Crippen LogP contribution in [0.2, 0.25) is 5.15 Å². The molecule has 0 saturated carbocycles. The summed E-state index contributed by atoms with van der Waals surface area (Å²) >= 11 is 5.53. The quantitative estimate of drug-likeness (QED) is 0.560. The third kappa shape index (κ3) is 2.36. The highest BCUT2D eigenvalue weighted by Crippen LogP contribution is 2.18. The molecule has 0 atom stereocenters. The molecule has 0 unspecified atom stereocenters. The highest BCUT2D eigenvalue weighted by atomic mass is 35.5. The Balaban J connectivity index is 3.15. The van der Waals surface area contributed by atoms with Crippen molar-refractivity contribution in [1.29, 1.82) is 0 Å². The van der Waals surface area contributed by atoms with Crippen molar-refractivity contribution in [2.24, 2.45) is 0 Å². The van der Waals surface area contributed by atoms with E-state index in [4.69, 9.17) is 11.6 Å². The predicted molar refractivity (Wildman–Crippen MR) is 45.9 cm³/mol. The molecule has 1 aromatic rings. The number of rotatable bonds is 3. The van der Waals surface area contributed by atoms with Crippen LogP contribution in [0, 0.1) is 0 Å². The van der Waals surface area contributed by atoms with Gasteiger partial charge in [0, 0.05) is 0 Å². The number of hydrogen-bond acceptors (Lipinski definition) is 5. The molecule has 7 heteroatoms. The lowest BCUT2D eigenvalue weighted by atomic mass is 10.7. The fourth-order valence-corrected chi connectivity index (χ4v) is 1.95. The van der Waals surface area contributed by atoms with Crippen molar-refractivity contribution < 1.29 is 12.6 Å². The van der Waals surface area contributed by atoms with Crippen LogP contribution in [0.5, 0.6) is 0 Å². The van der Waals surface area contributed by atoms with Crippen LogP contribution in [-0.2, 0) is 14.3 Å². The largest absolute Gasteiger partial charge is 0.301 e. The maximum Gasteiger partial charge on any atom is 0.301 e. The molecule has 5 nitrogen and oxygen atoms in total. The van der Waals surface area contributed by atoms with E-state index >= 15 is 0 Å². The lowest BCUT2D eigenvalue weighted by molar-refractivity contribution is 0.338. The first-order valence-electron chi connectivity index (χ1n) is 3.43. The molecular formula is C6H7ClN2O3S. The van der Waals surface area contributed by atoms with Crippen LogP contribution >= 0.6 is 11.6 Å². The van der Waals surface area contributed by atoms with Crippen LogP contribution in [-0.4, -0.2) is 25.0 Å². The van der Waals surface area contributed by atoms with E-state index in [1.807, 2.05) is 0 Å². The molecule has 0 spiro atoms. The lowest BCUT2D eigenvalue weighted by Gasteiger charge is -2.02. The van der Waals surface area contributed by atoms with E-state index in [1.165, 1.54) is 0 Å². The monoisotopic (exact) mass is 222 g/mol. The third-order valence-corrected chi connectivity index (χ3v) is 2.97. The summed E-state index contributed by atoms with van der Waals surface area (Å²) in [5.74, 6) is 0. The highest BCUT2D eigenvalue weighted by molar-refractivity contribution is 7.86. The Bertz CT molecular complexity index is 393. The van der Waals surface area contributed by atoms with E-state index in [9.17, 15) is 8.42 Å². The third-order valence-electron chi connectivity index (χ3n) is 1.18. The minimum absolute atomic E-state index is 0.0492. The molecule has 0 aliphatic rings. The highest BCUT2D eigenvalue weighted by Gasteiger charge is 2.18. The maximum absolute atomic E-state index is 11.3. The molecule has 0 fully saturated rings. The number of halogens is 1. The Morgan fingerprint density at radius 2 is 2.31 bits per heavy atom. The first-order chi connectivity index (χ1) is 6.08. The molecule has 0 aliphatic carbocycles. The summed E-state index contributed by atoms with van der Waals surface area (Å²) in [5.41, 5.74) is 0. The Kier molecular flexibility index (Phi) is 3.18. The molecule has 13 heavy (non-hydrogen) atoms. The van der Waals surface area contributed by atoms with Gasteiger partial charge in [-0.1, -0.05) is 11.6 Å². The van der Waals surface area contributed by atoms with Crippen LogP contribution in [0.1, 0.15) is 6.92 Å². The SMILES string of the molecule is CCOS(=O)(=O)c1cncnc1Cl. The van der Waals surface area contributed by atoms with Gasteiger partial charge in [-0.25, -0.2) is 9.97 Å². The van der Waals surface area contributed by atoms with Crippen LogP contribution < -0.4 is 0 Å². The molecule has 1 aromatic heterocycles. The molecular weight excluding hydrogens is 216 g/mol. The number of nitrogens with zero attached hydrogens (tertiary/aromatic N) is 2. The zero-order chi connectivity index (χ0) is 9.90. The van der Waals surface area contributed by atoms with Crippen molar-refractivity contribution in [2.75, 3.05) is 6.61 Å². The molecule has 0 N–H and O–H groups in total. The van der Waals surface area contributed by atoms with Crippen molar-refractivity contribution in [1.82, 2.24) is 9.97 Å². The summed E-state index contributed by atoms with van der Waals surface area (Å²) in [7, 11) is -3.80. The number of hydrogen-bond donors (Lipinski definition) is 0. The molecule has 0 bridgehead atoms. The average molecular weight is 223 g/mol.